The van der Waals surface area contributed by atoms with Gasteiger partial charge in [0.05, 0.1) is 46.4 Å². The summed E-state index contributed by atoms with van der Waals surface area (Å²) in [4.78, 5) is 58.7. The summed E-state index contributed by atoms with van der Waals surface area (Å²) in [5.41, 5.74) is -1.75. The minimum absolute atomic E-state index is 0.112. The van der Waals surface area contributed by atoms with Crippen molar-refractivity contribution in [2.24, 2.45) is 29.6 Å². The van der Waals surface area contributed by atoms with Gasteiger partial charge < -0.3 is 20.9 Å². The van der Waals surface area contributed by atoms with Crippen molar-refractivity contribution in [2.75, 3.05) is 20.3 Å². The second kappa shape index (κ2) is 9.06. The standard InChI is InChI=1S/C30H22N4O8/c35-26-22-17-14-15-30(16-8-2-1-3-9-16,24(22)28(37)31(26)18-10-4-6-12-20(18)33(39)40)25-23(17)27(36)32(29(25)38)19-11-5-7-13-21(19)34(41)42/h1-15,17,22-25,39,41H/q-2/t17?,22-,23-,24+,25+,30?/m0/s1. The van der Waals surface area contributed by atoms with Crippen LogP contribution in [0.25, 0.3) is 0 Å². The zero-order chi connectivity index (χ0) is 29.5. The first-order valence-corrected chi connectivity index (χ1v) is 13.2. The first-order chi connectivity index (χ1) is 20.2. The van der Waals surface area contributed by atoms with Gasteiger partial charge in [-0.1, -0.05) is 66.7 Å². The van der Waals surface area contributed by atoms with E-state index in [2.05, 4.69) is 0 Å². The molecule has 2 saturated heterocycles. The Hall–Kier alpha value is -4.88. The fourth-order valence-electron chi connectivity index (χ4n) is 7.58. The first-order valence-electron chi connectivity index (χ1n) is 13.2. The quantitative estimate of drug-likeness (QED) is 0.266. The molecule has 3 aliphatic carbocycles. The molecule has 1 saturated carbocycles. The van der Waals surface area contributed by atoms with Gasteiger partial charge in [0.25, 0.3) is 0 Å². The summed E-state index contributed by atoms with van der Waals surface area (Å²) in [7, 11) is 0. The third kappa shape index (κ3) is 3.20. The van der Waals surface area contributed by atoms with E-state index in [9.17, 15) is 40.0 Å². The van der Waals surface area contributed by atoms with Gasteiger partial charge in [0, 0.05) is 11.3 Å². The lowest BCUT2D eigenvalue weighted by molar-refractivity contribution is -0.140. The van der Waals surface area contributed by atoms with Gasteiger partial charge in [0.15, 0.2) is 0 Å². The van der Waals surface area contributed by atoms with E-state index in [-0.39, 0.29) is 22.7 Å². The Balaban J connectivity index is 1.43. The molecule has 3 aromatic carbocycles. The maximum atomic E-state index is 14.3. The van der Waals surface area contributed by atoms with E-state index >= 15 is 0 Å². The molecule has 3 fully saturated rings. The van der Waals surface area contributed by atoms with Gasteiger partial charge in [-0.3, -0.25) is 29.6 Å². The van der Waals surface area contributed by atoms with E-state index in [0.29, 0.717) is 5.56 Å². The summed E-state index contributed by atoms with van der Waals surface area (Å²) in [6.45, 7) is 0. The number of amides is 4. The second-order valence-corrected chi connectivity index (χ2v) is 10.8. The van der Waals surface area contributed by atoms with E-state index in [0.717, 1.165) is 9.80 Å². The highest BCUT2D eigenvalue weighted by Crippen LogP contribution is 2.65. The van der Waals surface area contributed by atoms with E-state index in [1.807, 2.05) is 0 Å². The molecule has 8 rings (SSSR count). The van der Waals surface area contributed by atoms with Crippen molar-refractivity contribution < 1.29 is 29.6 Å². The van der Waals surface area contributed by atoms with E-state index in [1.165, 1.54) is 48.5 Å². The van der Waals surface area contributed by atoms with Crippen molar-refractivity contribution in [3.63, 3.8) is 0 Å². The summed E-state index contributed by atoms with van der Waals surface area (Å²) in [6.07, 6.45) is 3.43. The lowest BCUT2D eigenvalue weighted by Crippen LogP contribution is -2.60. The number of rotatable bonds is 5. The molecule has 0 unspecified atom stereocenters. The van der Waals surface area contributed by atoms with E-state index in [4.69, 9.17) is 0 Å². The number of allylic oxidation sites excluding steroid dienone is 2. The van der Waals surface area contributed by atoms with Crippen LogP contribution in [0.1, 0.15) is 5.56 Å². The summed E-state index contributed by atoms with van der Waals surface area (Å²) in [5, 5.41) is 42.5. The summed E-state index contributed by atoms with van der Waals surface area (Å²) in [6, 6.07) is 19.9. The Morgan fingerprint density at radius 3 is 1.50 bits per heavy atom. The van der Waals surface area contributed by atoms with Crippen LogP contribution in [0.2, 0.25) is 0 Å². The monoisotopic (exact) mass is 566 g/mol. The van der Waals surface area contributed by atoms with Gasteiger partial charge in [0.2, 0.25) is 23.6 Å². The second-order valence-electron chi connectivity index (χ2n) is 10.8. The smallest absolute Gasteiger partial charge is 0.239 e. The molecule has 0 aromatic heterocycles. The zero-order valence-electron chi connectivity index (χ0n) is 21.7. The maximum Gasteiger partial charge on any atom is 0.239 e. The first kappa shape index (κ1) is 26.0. The third-order valence-electron chi connectivity index (χ3n) is 9.09. The molecule has 2 N–H and O–H groups in total. The van der Waals surface area contributed by atoms with Gasteiger partial charge in [-0.15, -0.1) is 0 Å². The number of carbonyl (C=O) groups is 4. The molecule has 3 aromatic rings. The van der Waals surface area contributed by atoms with Crippen LogP contribution in [0.3, 0.4) is 0 Å². The SMILES string of the molecule is O=C1[C@H]2C3C=CC(c4ccccc4)([C@H]2C(=O)N1c1ccccc1N([O-])O)[C@H]1C(=O)N(c2ccccc2N([O-])O)C(=O)[C@@H]31. The molecule has 12 nitrogen and oxygen atoms in total. The Bertz CT molecular complexity index is 1590. The average molecular weight is 567 g/mol. The zero-order valence-corrected chi connectivity index (χ0v) is 21.7. The van der Waals surface area contributed by atoms with Gasteiger partial charge in [-0.05, 0) is 29.8 Å². The molecule has 212 valence electrons. The van der Waals surface area contributed by atoms with Crippen molar-refractivity contribution >= 4 is 46.4 Å². The van der Waals surface area contributed by atoms with Crippen LogP contribution in [-0.4, -0.2) is 34.0 Å². The lowest BCUT2D eigenvalue weighted by atomic mass is 9.45. The predicted octanol–water partition coefficient (Wildman–Crippen LogP) is 3.12. The van der Waals surface area contributed by atoms with Crippen LogP contribution in [-0.2, 0) is 24.6 Å². The fourth-order valence-corrected chi connectivity index (χ4v) is 7.58. The third-order valence-corrected chi connectivity index (χ3v) is 9.09. The highest BCUT2D eigenvalue weighted by atomic mass is 16.8. The Morgan fingerprint density at radius 2 is 1.05 bits per heavy atom. The van der Waals surface area contributed by atoms with Crippen LogP contribution < -0.4 is 20.3 Å². The normalized spacial score (nSPS) is 29.3. The van der Waals surface area contributed by atoms with Gasteiger partial charge in [-0.25, -0.2) is 9.80 Å². The summed E-state index contributed by atoms with van der Waals surface area (Å²) in [5.74, 6) is -7.86. The van der Waals surface area contributed by atoms with Gasteiger partial charge >= 0.3 is 0 Å². The molecule has 4 atom stereocenters. The van der Waals surface area contributed by atoms with Crippen molar-refractivity contribution in [3.05, 3.63) is 107 Å². The summed E-state index contributed by atoms with van der Waals surface area (Å²) < 4.78 is 0. The molecule has 42 heavy (non-hydrogen) atoms. The highest BCUT2D eigenvalue weighted by Gasteiger charge is 2.75. The van der Waals surface area contributed by atoms with E-state index in [1.54, 1.807) is 42.5 Å². The number of hydrogen-bond donors (Lipinski definition) is 2. The molecule has 0 radical (unpaired) electrons. The number of carbonyl (C=O) groups excluding carboxylic acids is 4. The number of hydrogen-bond acceptors (Lipinski definition) is 10. The molecule has 0 spiro atoms. The fraction of sp³-hybridized carbons (Fsp3) is 0.200. The molecule has 5 aliphatic rings. The number of anilines is 4. The minimum atomic E-state index is -1.44. The van der Waals surface area contributed by atoms with Crippen LogP contribution in [0.5, 0.6) is 0 Å². The number of benzene rings is 3. The number of nitrogens with zero attached hydrogens (tertiary/aromatic N) is 4. The van der Waals surface area contributed by atoms with Crippen molar-refractivity contribution in [1.29, 1.82) is 0 Å². The Kier molecular flexibility index (Phi) is 5.62. The molecule has 4 amide bonds. The van der Waals surface area contributed by atoms with Crippen molar-refractivity contribution in [2.45, 2.75) is 5.41 Å². The van der Waals surface area contributed by atoms with E-state index < -0.39 is 69.1 Å². The molecule has 2 heterocycles. The van der Waals surface area contributed by atoms with Crippen molar-refractivity contribution in [3.8, 4) is 0 Å². The van der Waals surface area contributed by atoms with Gasteiger partial charge in [-0.2, -0.15) is 0 Å². The lowest BCUT2D eigenvalue weighted by Gasteiger charge is -2.53. The predicted molar refractivity (Wildman–Crippen MR) is 148 cm³/mol. The molecule has 12 heteroatoms. The topological polar surface area (TPSA) is 168 Å². The molecule has 2 aliphatic heterocycles. The largest absolute Gasteiger partial charge is 0.733 e. The van der Waals surface area contributed by atoms with Crippen molar-refractivity contribution in [1.82, 2.24) is 0 Å². The highest BCUT2D eigenvalue weighted by molar-refractivity contribution is 6.28. The van der Waals surface area contributed by atoms with Crippen LogP contribution in [0.4, 0.5) is 22.7 Å². The molecular formula is C30H22N4O8-2. The minimum Gasteiger partial charge on any atom is -0.733 e. The maximum absolute atomic E-state index is 14.3. The number of imide groups is 2. The Labute approximate surface area is 238 Å². The van der Waals surface area contributed by atoms with Crippen LogP contribution in [0, 0.1) is 40.0 Å². The Morgan fingerprint density at radius 1 is 0.619 bits per heavy atom. The molecular weight excluding hydrogens is 544 g/mol. The number of para-hydroxylation sites is 4. The van der Waals surface area contributed by atoms with Crippen LogP contribution >= 0.6 is 0 Å². The molecule has 2 bridgehead atoms. The summed E-state index contributed by atoms with van der Waals surface area (Å²) >= 11 is 0. The average Bonchev–Trinajstić information content (AvgIpc) is 3.44. The van der Waals surface area contributed by atoms with Gasteiger partial charge in [0.1, 0.15) is 0 Å². The van der Waals surface area contributed by atoms with Crippen LogP contribution in [0.15, 0.2) is 91.0 Å².